The van der Waals surface area contributed by atoms with Crippen LogP contribution in [-0.4, -0.2) is 4.98 Å². The Morgan fingerprint density at radius 2 is 1.32 bits per heavy atom. The van der Waals surface area contributed by atoms with Crippen LogP contribution < -0.4 is 9.51 Å². The molecule has 5 rings (SSSR count). The first-order valence-corrected chi connectivity index (χ1v) is 9.60. The van der Waals surface area contributed by atoms with Crippen LogP contribution in [0, 0.1) is 0 Å². The van der Waals surface area contributed by atoms with Crippen molar-refractivity contribution in [2.75, 3.05) is 0 Å². The van der Waals surface area contributed by atoms with Crippen molar-refractivity contribution in [3.8, 4) is 28.3 Å². The fourth-order valence-electron chi connectivity index (χ4n) is 3.78. The van der Waals surface area contributed by atoms with E-state index in [2.05, 4.69) is 4.98 Å². The third kappa shape index (κ3) is 3.36. The molecular formula is C25H15F3N2O. The topological polar surface area (TPSA) is 40.1 Å². The maximum atomic E-state index is 13.2. The zero-order chi connectivity index (χ0) is 21.6. The highest BCUT2D eigenvalue weighted by Crippen LogP contribution is 2.33. The number of rotatable bonds is 2. The molecule has 31 heavy (non-hydrogen) atoms. The lowest BCUT2D eigenvalue weighted by Gasteiger charge is -2.13. The zero-order valence-electron chi connectivity index (χ0n) is 16.1. The van der Waals surface area contributed by atoms with Crippen molar-refractivity contribution < 1.29 is 22.7 Å². The third-order valence-electron chi connectivity index (χ3n) is 5.23. The van der Waals surface area contributed by atoms with Gasteiger partial charge < -0.3 is 5.11 Å². The predicted molar refractivity (Wildman–Crippen MR) is 110 cm³/mol. The monoisotopic (exact) mass is 416 g/mol. The van der Waals surface area contributed by atoms with Crippen molar-refractivity contribution in [3.05, 3.63) is 96.6 Å². The van der Waals surface area contributed by atoms with Gasteiger partial charge in [-0.25, -0.2) is 0 Å². The molecule has 0 atom stereocenters. The molecule has 5 aromatic rings. The molecule has 3 aromatic carbocycles. The Morgan fingerprint density at radius 3 is 1.97 bits per heavy atom. The number of alkyl halides is 3. The Hall–Kier alpha value is -3.93. The van der Waals surface area contributed by atoms with Crippen LogP contribution in [0.15, 0.2) is 91.0 Å². The molecule has 2 heterocycles. The summed E-state index contributed by atoms with van der Waals surface area (Å²) in [5.74, 6) is -0.582. The molecule has 6 heteroatoms. The number of pyridine rings is 1. The van der Waals surface area contributed by atoms with Crippen LogP contribution in [0.2, 0.25) is 0 Å². The molecule has 0 fully saturated rings. The lowest BCUT2D eigenvalue weighted by molar-refractivity contribution is -0.474. The number of nitrogens with zero attached hydrogens (tertiary/aromatic N) is 2. The minimum atomic E-state index is -4.52. The number of hydrogen-bond acceptors (Lipinski definition) is 2. The predicted octanol–water partition coefficient (Wildman–Crippen LogP) is 5.40. The molecule has 0 aliphatic rings. The van der Waals surface area contributed by atoms with Gasteiger partial charge in [0.25, 0.3) is 0 Å². The van der Waals surface area contributed by atoms with E-state index < -0.39 is 17.6 Å². The number of hydrogen-bond donors (Lipinski definition) is 0. The van der Waals surface area contributed by atoms with Gasteiger partial charge >= 0.3 is 6.18 Å². The first-order valence-electron chi connectivity index (χ1n) is 9.60. The summed E-state index contributed by atoms with van der Waals surface area (Å²) in [6, 6.07) is 26.0. The summed E-state index contributed by atoms with van der Waals surface area (Å²) in [6.45, 7) is 0. The molecule has 0 aliphatic carbocycles. The maximum absolute atomic E-state index is 13.2. The summed E-state index contributed by atoms with van der Waals surface area (Å²) in [5, 5.41) is 12.9. The van der Waals surface area contributed by atoms with Gasteiger partial charge in [0.1, 0.15) is 5.52 Å². The summed E-state index contributed by atoms with van der Waals surface area (Å²) < 4.78 is 41.3. The molecular weight excluding hydrogens is 401 g/mol. The first kappa shape index (κ1) is 19.1. The van der Waals surface area contributed by atoms with Crippen molar-refractivity contribution in [3.63, 3.8) is 0 Å². The van der Waals surface area contributed by atoms with E-state index in [9.17, 15) is 18.3 Å². The van der Waals surface area contributed by atoms with Crippen LogP contribution in [0.5, 0.6) is 5.88 Å². The summed E-state index contributed by atoms with van der Waals surface area (Å²) in [7, 11) is 0. The molecule has 152 valence electrons. The van der Waals surface area contributed by atoms with Gasteiger partial charge in [-0.2, -0.15) is 17.6 Å². The maximum Gasteiger partial charge on any atom is 0.416 e. The zero-order valence-corrected chi connectivity index (χ0v) is 16.1. The standard InChI is InChI=1S/C25H15F3N2O/c26-25(27,28)19-11-12-21-20(15-19)29-24(31)23-14-18(16-7-3-1-4-8-16)13-22(30(21)23)17-9-5-2-6-10-17/h1-15H. The summed E-state index contributed by atoms with van der Waals surface area (Å²) in [4.78, 5) is 3.97. The third-order valence-corrected chi connectivity index (χ3v) is 5.23. The molecule has 0 aliphatic heterocycles. The Morgan fingerprint density at radius 1 is 0.677 bits per heavy atom. The highest BCUT2D eigenvalue weighted by molar-refractivity contribution is 5.80. The highest BCUT2D eigenvalue weighted by atomic mass is 19.4. The lowest BCUT2D eigenvalue weighted by atomic mass is 10.0. The minimum absolute atomic E-state index is 0.00182. The fraction of sp³-hybridized carbons (Fsp3) is 0.0400. The lowest BCUT2D eigenvalue weighted by Crippen LogP contribution is -2.29. The van der Waals surface area contributed by atoms with Crippen molar-refractivity contribution in [1.29, 1.82) is 0 Å². The van der Waals surface area contributed by atoms with Crippen molar-refractivity contribution >= 4 is 16.6 Å². The molecule has 0 saturated heterocycles. The van der Waals surface area contributed by atoms with E-state index in [0.717, 1.165) is 28.8 Å². The molecule has 0 bridgehead atoms. The molecule has 0 radical (unpaired) electrons. The van der Waals surface area contributed by atoms with E-state index in [4.69, 9.17) is 0 Å². The molecule has 0 N–H and O–H groups in total. The normalized spacial score (nSPS) is 11.8. The quantitative estimate of drug-likeness (QED) is 0.286. The number of fused-ring (bicyclic) bond motifs is 3. The van der Waals surface area contributed by atoms with E-state index in [-0.39, 0.29) is 5.52 Å². The van der Waals surface area contributed by atoms with Gasteiger partial charge in [-0.3, -0.25) is 4.98 Å². The van der Waals surface area contributed by atoms with Crippen LogP contribution in [0.3, 0.4) is 0 Å². The molecule has 0 unspecified atom stereocenters. The number of halogens is 3. The van der Waals surface area contributed by atoms with Crippen LogP contribution in [-0.2, 0) is 6.18 Å². The minimum Gasteiger partial charge on any atom is -0.854 e. The van der Waals surface area contributed by atoms with Gasteiger partial charge in [0.05, 0.1) is 11.4 Å². The number of benzene rings is 3. The second kappa shape index (κ2) is 7.09. The van der Waals surface area contributed by atoms with E-state index in [1.54, 1.807) is 10.5 Å². The largest absolute Gasteiger partial charge is 0.854 e. The van der Waals surface area contributed by atoms with Crippen molar-refractivity contribution in [2.24, 2.45) is 0 Å². The van der Waals surface area contributed by atoms with Crippen molar-refractivity contribution in [1.82, 2.24) is 4.98 Å². The average Bonchev–Trinajstić information content (AvgIpc) is 2.79. The van der Waals surface area contributed by atoms with Crippen LogP contribution >= 0.6 is 0 Å². The van der Waals surface area contributed by atoms with E-state index in [0.29, 0.717) is 16.7 Å². The molecule has 0 amide bonds. The SMILES string of the molecule is [O-]c1nc2cc(C(F)(F)F)ccc2[n+]2c(-c3ccccc3)cc(-c3ccccc3)cc12. The highest BCUT2D eigenvalue weighted by Gasteiger charge is 2.32. The Labute approximate surface area is 175 Å². The Bertz CT molecular complexity index is 1420. The van der Waals surface area contributed by atoms with Crippen molar-refractivity contribution in [2.45, 2.75) is 6.18 Å². The van der Waals surface area contributed by atoms with Gasteiger partial charge in [-0.15, -0.1) is 0 Å². The number of aromatic nitrogens is 2. The van der Waals surface area contributed by atoms with Gasteiger partial charge in [0, 0.05) is 23.8 Å². The molecule has 2 aromatic heterocycles. The summed E-state index contributed by atoms with van der Waals surface area (Å²) >= 11 is 0. The Kier molecular flexibility index (Phi) is 4.36. The summed E-state index contributed by atoms with van der Waals surface area (Å²) in [5.41, 5.74) is 3.17. The molecule has 0 spiro atoms. The second-order valence-corrected chi connectivity index (χ2v) is 7.20. The Balaban J connectivity index is 1.90. The van der Waals surface area contributed by atoms with Gasteiger partial charge in [0.2, 0.25) is 16.7 Å². The van der Waals surface area contributed by atoms with E-state index >= 15 is 0 Å². The van der Waals surface area contributed by atoms with Crippen LogP contribution in [0.4, 0.5) is 13.2 Å². The smallest absolute Gasteiger partial charge is 0.416 e. The van der Waals surface area contributed by atoms with Gasteiger partial charge in [-0.1, -0.05) is 48.5 Å². The molecule has 3 nitrogen and oxygen atoms in total. The second-order valence-electron chi connectivity index (χ2n) is 7.20. The van der Waals surface area contributed by atoms with E-state index in [1.165, 1.54) is 6.07 Å². The van der Waals surface area contributed by atoms with E-state index in [1.807, 2.05) is 66.7 Å². The van der Waals surface area contributed by atoms with Gasteiger partial charge in [0.15, 0.2) is 0 Å². The average molecular weight is 416 g/mol. The first-order chi connectivity index (χ1) is 14.9. The summed E-state index contributed by atoms with van der Waals surface area (Å²) in [6.07, 6.45) is -4.52. The van der Waals surface area contributed by atoms with Gasteiger partial charge in [-0.05, 0) is 35.4 Å². The fourth-order valence-corrected chi connectivity index (χ4v) is 3.78. The van der Waals surface area contributed by atoms with Crippen LogP contribution in [0.25, 0.3) is 38.9 Å². The van der Waals surface area contributed by atoms with Crippen LogP contribution in [0.1, 0.15) is 5.56 Å². The molecule has 0 saturated carbocycles.